The number of carboxylic acid groups (broad SMARTS) is 1. The molecule has 2 aromatic carbocycles. The average molecular weight is 362 g/mol. The Morgan fingerprint density at radius 1 is 0.926 bits per heavy atom. The largest absolute Gasteiger partial charge is 0.478 e. The number of nitrogens with zero attached hydrogens (tertiary/aromatic N) is 1. The van der Waals surface area contributed by atoms with Crippen molar-refractivity contribution in [2.75, 3.05) is 6.54 Å². The van der Waals surface area contributed by atoms with Gasteiger partial charge in [-0.2, -0.15) is 0 Å². The van der Waals surface area contributed by atoms with Gasteiger partial charge in [0.05, 0.1) is 5.56 Å². The second-order valence-electron chi connectivity index (χ2n) is 6.81. The lowest BCUT2D eigenvalue weighted by Gasteiger charge is -2.10. The summed E-state index contributed by atoms with van der Waals surface area (Å²) >= 11 is 0. The molecule has 0 atom stereocenters. The van der Waals surface area contributed by atoms with Gasteiger partial charge >= 0.3 is 5.97 Å². The molecule has 3 rings (SSSR count). The zero-order valence-electron chi connectivity index (χ0n) is 15.9. The molecule has 0 bridgehead atoms. The molecule has 0 aliphatic heterocycles. The smallest absolute Gasteiger partial charge is 0.337 e. The summed E-state index contributed by atoms with van der Waals surface area (Å²) in [5, 5.41) is 13.2. The molecule has 0 spiro atoms. The molecule has 0 aliphatic carbocycles. The predicted octanol–water partition coefficient (Wildman–Crippen LogP) is 4.18. The Morgan fingerprint density at radius 2 is 1.52 bits per heavy atom. The minimum Gasteiger partial charge on any atom is -0.478 e. The third-order valence-electron chi connectivity index (χ3n) is 5.04. The fourth-order valence-electron chi connectivity index (χ4n) is 3.54. The normalized spacial score (nSPS) is 10.9. The van der Waals surface area contributed by atoms with Gasteiger partial charge in [0, 0.05) is 30.0 Å². The van der Waals surface area contributed by atoms with Crippen LogP contribution in [0.15, 0.2) is 60.7 Å². The van der Waals surface area contributed by atoms with Crippen LogP contribution < -0.4 is 5.32 Å². The highest BCUT2D eigenvalue weighted by atomic mass is 16.4. The van der Waals surface area contributed by atoms with Gasteiger partial charge in [-0.05, 0) is 37.9 Å². The Morgan fingerprint density at radius 3 is 2.11 bits per heavy atom. The number of hydrogen-bond donors (Lipinski definition) is 2. The summed E-state index contributed by atoms with van der Waals surface area (Å²) < 4.78 is 2.10. The van der Waals surface area contributed by atoms with Crippen LogP contribution in [0.4, 0.5) is 0 Å². The van der Waals surface area contributed by atoms with Crippen LogP contribution in [-0.2, 0) is 19.5 Å². The maximum atomic E-state index is 11.9. The molecule has 140 valence electrons. The molecule has 0 saturated heterocycles. The molecule has 2 N–H and O–H groups in total. The number of hydrogen-bond acceptors (Lipinski definition) is 2. The zero-order valence-corrected chi connectivity index (χ0v) is 15.9. The molecular formula is C23H26N2O2. The van der Waals surface area contributed by atoms with E-state index in [4.69, 9.17) is 0 Å². The van der Waals surface area contributed by atoms with Crippen molar-refractivity contribution in [2.45, 2.75) is 33.4 Å². The number of aromatic carboxylic acids is 1. The molecule has 4 nitrogen and oxygen atoms in total. The van der Waals surface area contributed by atoms with Crippen LogP contribution in [0.1, 0.15) is 38.4 Å². The van der Waals surface area contributed by atoms with E-state index in [9.17, 15) is 9.90 Å². The zero-order chi connectivity index (χ0) is 19.2. The monoisotopic (exact) mass is 362 g/mol. The molecule has 1 heterocycles. The Balaban J connectivity index is 1.75. The van der Waals surface area contributed by atoms with Gasteiger partial charge in [0.1, 0.15) is 0 Å². The first-order valence-corrected chi connectivity index (χ1v) is 9.28. The van der Waals surface area contributed by atoms with Crippen molar-refractivity contribution < 1.29 is 9.90 Å². The number of rotatable bonds is 8. The van der Waals surface area contributed by atoms with Gasteiger partial charge in [-0.1, -0.05) is 60.7 Å². The van der Waals surface area contributed by atoms with Gasteiger partial charge in [0.15, 0.2) is 0 Å². The average Bonchev–Trinajstić information content (AvgIpc) is 2.91. The van der Waals surface area contributed by atoms with Gasteiger partial charge in [0.25, 0.3) is 0 Å². The van der Waals surface area contributed by atoms with E-state index in [0.29, 0.717) is 18.7 Å². The summed E-state index contributed by atoms with van der Waals surface area (Å²) in [6, 6.07) is 20.4. The van der Waals surface area contributed by atoms with E-state index in [-0.39, 0.29) is 0 Å². The highest BCUT2D eigenvalue weighted by Crippen LogP contribution is 2.24. The number of carbonyl (C=O) groups is 1. The molecule has 27 heavy (non-hydrogen) atoms. The summed E-state index contributed by atoms with van der Waals surface area (Å²) in [5.74, 6) is -0.859. The quantitative estimate of drug-likeness (QED) is 0.591. The van der Waals surface area contributed by atoms with Gasteiger partial charge in [0.2, 0.25) is 0 Å². The van der Waals surface area contributed by atoms with Crippen molar-refractivity contribution in [2.24, 2.45) is 0 Å². The SMILES string of the molecule is Cc1c(CNCCc2ccccc2)c(C(=O)O)c(C)n1Cc1ccccc1. The molecule has 3 aromatic rings. The molecule has 0 saturated carbocycles. The molecule has 4 heteroatoms. The molecule has 0 amide bonds. The number of carboxylic acids is 1. The lowest BCUT2D eigenvalue weighted by Crippen LogP contribution is -2.18. The summed E-state index contributed by atoms with van der Waals surface area (Å²) in [5.41, 5.74) is 5.57. The van der Waals surface area contributed by atoms with Crippen molar-refractivity contribution >= 4 is 5.97 Å². The van der Waals surface area contributed by atoms with Crippen LogP contribution >= 0.6 is 0 Å². The standard InChI is InChI=1S/C23H26N2O2/c1-17-21(15-24-14-13-19-9-5-3-6-10-19)22(23(26)27)18(2)25(17)16-20-11-7-4-8-12-20/h3-12,24H,13-16H2,1-2H3,(H,26,27). The lowest BCUT2D eigenvalue weighted by atomic mass is 10.1. The summed E-state index contributed by atoms with van der Waals surface area (Å²) in [4.78, 5) is 11.9. The summed E-state index contributed by atoms with van der Waals surface area (Å²) in [7, 11) is 0. The third-order valence-corrected chi connectivity index (χ3v) is 5.04. The highest BCUT2D eigenvalue weighted by molar-refractivity contribution is 5.91. The fourth-order valence-corrected chi connectivity index (χ4v) is 3.54. The van der Waals surface area contributed by atoms with E-state index in [1.165, 1.54) is 11.1 Å². The molecule has 0 radical (unpaired) electrons. The van der Waals surface area contributed by atoms with Crippen molar-refractivity contribution in [1.29, 1.82) is 0 Å². The topological polar surface area (TPSA) is 54.3 Å². The summed E-state index contributed by atoms with van der Waals surface area (Å²) in [6.07, 6.45) is 0.923. The number of nitrogens with one attached hydrogen (secondary N) is 1. The fraction of sp³-hybridized carbons (Fsp3) is 0.261. The van der Waals surface area contributed by atoms with Gasteiger partial charge in [-0.25, -0.2) is 4.79 Å². The van der Waals surface area contributed by atoms with Crippen LogP contribution in [-0.4, -0.2) is 22.2 Å². The molecule has 0 unspecified atom stereocenters. The van der Waals surface area contributed by atoms with Crippen molar-refractivity contribution in [1.82, 2.24) is 9.88 Å². The minimum absolute atomic E-state index is 0.427. The van der Waals surface area contributed by atoms with Gasteiger partial charge < -0.3 is 15.0 Å². The first-order valence-electron chi connectivity index (χ1n) is 9.28. The van der Waals surface area contributed by atoms with E-state index in [1.807, 2.05) is 50.2 Å². The Hall–Kier alpha value is -2.85. The minimum atomic E-state index is -0.859. The predicted molar refractivity (Wildman–Crippen MR) is 108 cm³/mol. The van der Waals surface area contributed by atoms with Crippen LogP contribution in [0.2, 0.25) is 0 Å². The first kappa shape index (κ1) is 18.9. The maximum Gasteiger partial charge on any atom is 0.337 e. The van der Waals surface area contributed by atoms with E-state index in [2.05, 4.69) is 34.1 Å². The van der Waals surface area contributed by atoms with Crippen molar-refractivity contribution in [3.63, 3.8) is 0 Å². The van der Waals surface area contributed by atoms with E-state index >= 15 is 0 Å². The van der Waals surface area contributed by atoms with E-state index in [0.717, 1.165) is 29.9 Å². The lowest BCUT2D eigenvalue weighted by molar-refractivity contribution is 0.0694. The number of benzene rings is 2. The molecule has 0 aliphatic rings. The van der Waals surface area contributed by atoms with Crippen LogP contribution in [0.25, 0.3) is 0 Å². The van der Waals surface area contributed by atoms with E-state index < -0.39 is 5.97 Å². The highest BCUT2D eigenvalue weighted by Gasteiger charge is 2.22. The van der Waals surface area contributed by atoms with Crippen LogP contribution in [0.5, 0.6) is 0 Å². The molecular weight excluding hydrogens is 336 g/mol. The van der Waals surface area contributed by atoms with Gasteiger partial charge in [-0.15, -0.1) is 0 Å². The maximum absolute atomic E-state index is 11.9. The van der Waals surface area contributed by atoms with E-state index in [1.54, 1.807) is 0 Å². The van der Waals surface area contributed by atoms with Crippen molar-refractivity contribution in [3.8, 4) is 0 Å². The second kappa shape index (κ2) is 8.69. The van der Waals surface area contributed by atoms with Crippen LogP contribution in [0.3, 0.4) is 0 Å². The Labute approximate surface area is 160 Å². The Kier molecular flexibility index (Phi) is 6.09. The molecule has 1 aromatic heterocycles. The molecule has 0 fully saturated rings. The van der Waals surface area contributed by atoms with Gasteiger partial charge in [-0.3, -0.25) is 0 Å². The summed E-state index contributed by atoms with van der Waals surface area (Å²) in [6.45, 7) is 5.96. The third kappa shape index (κ3) is 4.47. The van der Waals surface area contributed by atoms with Crippen LogP contribution in [0, 0.1) is 13.8 Å². The first-order chi connectivity index (χ1) is 13.1. The second-order valence-corrected chi connectivity index (χ2v) is 6.81. The Bertz CT molecular complexity index is 899. The van der Waals surface area contributed by atoms with Crippen molar-refractivity contribution in [3.05, 3.63) is 94.3 Å². The number of aromatic nitrogens is 1.